The monoisotopic (exact) mass is 268 g/mol. The van der Waals surface area contributed by atoms with Gasteiger partial charge in [0.25, 0.3) is 0 Å². The lowest BCUT2D eigenvalue weighted by Gasteiger charge is -2.25. The Labute approximate surface area is 83.0 Å². The summed E-state index contributed by atoms with van der Waals surface area (Å²) in [6, 6.07) is 0. The molecule has 1 saturated heterocycles. The van der Waals surface area contributed by atoms with Crippen LogP contribution in [-0.2, 0) is 4.74 Å². The maximum atomic E-state index is 5.63. The Morgan fingerprint density at radius 1 is 1.45 bits per heavy atom. The van der Waals surface area contributed by atoms with Crippen molar-refractivity contribution in [3.63, 3.8) is 0 Å². The topological polar surface area (TPSA) is 9.23 Å². The smallest absolute Gasteiger partial charge is 0.0668 e. The van der Waals surface area contributed by atoms with Gasteiger partial charge in [-0.3, -0.25) is 0 Å². The fraction of sp³-hybridized carbons (Fsp3) is 1.00. The quantitative estimate of drug-likeness (QED) is 0.525. The molecule has 0 aromatic carbocycles. The van der Waals surface area contributed by atoms with Crippen molar-refractivity contribution < 1.29 is 4.74 Å². The van der Waals surface area contributed by atoms with E-state index in [1.165, 1.54) is 6.42 Å². The average molecular weight is 268 g/mol. The number of hydrogen-bond donors (Lipinski definition) is 0. The van der Waals surface area contributed by atoms with E-state index in [4.69, 9.17) is 4.74 Å². The molecule has 1 fully saturated rings. The molecule has 0 bridgehead atoms. The first kappa shape index (κ1) is 9.78. The van der Waals surface area contributed by atoms with E-state index in [0.717, 1.165) is 17.0 Å². The second-order valence-corrected chi connectivity index (χ2v) is 5.29. The summed E-state index contributed by atoms with van der Waals surface area (Å²) in [5, 5.41) is 0. The molecule has 0 N–H and O–H groups in total. The molecule has 1 heterocycles. The van der Waals surface area contributed by atoms with E-state index in [0.29, 0.717) is 11.5 Å². The second-order valence-electron chi connectivity index (χ2n) is 4.41. The largest absolute Gasteiger partial charge is 0.377 e. The number of halogens is 1. The minimum absolute atomic E-state index is 0.431. The van der Waals surface area contributed by atoms with Gasteiger partial charge < -0.3 is 4.74 Å². The first-order valence-corrected chi connectivity index (χ1v) is 5.74. The Hall–Kier alpha value is 0.690. The van der Waals surface area contributed by atoms with Crippen LogP contribution in [0.25, 0.3) is 0 Å². The van der Waals surface area contributed by atoms with E-state index in [-0.39, 0.29) is 0 Å². The lowest BCUT2D eigenvalue weighted by molar-refractivity contribution is 0.112. The van der Waals surface area contributed by atoms with Crippen molar-refractivity contribution in [1.82, 2.24) is 0 Å². The molecule has 1 rings (SSSR count). The molecule has 0 amide bonds. The highest BCUT2D eigenvalue weighted by Gasteiger charge is 2.32. The summed E-state index contributed by atoms with van der Waals surface area (Å²) in [4.78, 5) is 0. The van der Waals surface area contributed by atoms with Gasteiger partial charge in [0.2, 0.25) is 0 Å². The molecule has 0 aliphatic carbocycles. The fourth-order valence-corrected chi connectivity index (χ4v) is 2.03. The summed E-state index contributed by atoms with van der Waals surface area (Å²) in [6.07, 6.45) is 1.78. The van der Waals surface area contributed by atoms with Crippen LogP contribution in [0, 0.1) is 11.3 Å². The Morgan fingerprint density at radius 3 is 2.36 bits per heavy atom. The molecule has 0 radical (unpaired) electrons. The maximum absolute atomic E-state index is 5.63. The molecule has 66 valence electrons. The van der Waals surface area contributed by atoms with Crippen molar-refractivity contribution >= 4 is 22.6 Å². The minimum atomic E-state index is 0.431. The van der Waals surface area contributed by atoms with Crippen molar-refractivity contribution in [3.05, 3.63) is 0 Å². The summed E-state index contributed by atoms with van der Waals surface area (Å²) in [6.45, 7) is 7.88. The molecule has 0 aromatic heterocycles. The Bertz CT molecular complexity index is 128. The summed E-state index contributed by atoms with van der Waals surface area (Å²) < 4.78 is 6.78. The van der Waals surface area contributed by atoms with Gasteiger partial charge in [0, 0.05) is 4.43 Å². The SMILES string of the molecule is CC(C)(C)C1COC(CI)C1. The van der Waals surface area contributed by atoms with E-state index >= 15 is 0 Å². The third kappa shape index (κ3) is 2.58. The van der Waals surface area contributed by atoms with Crippen molar-refractivity contribution in [1.29, 1.82) is 0 Å². The van der Waals surface area contributed by atoms with Crippen LogP contribution in [-0.4, -0.2) is 17.1 Å². The van der Waals surface area contributed by atoms with Gasteiger partial charge in [0.05, 0.1) is 12.7 Å². The lowest BCUT2D eigenvalue weighted by Crippen LogP contribution is -2.20. The van der Waals surface area contributed by atoms with Crippen LogP contribution in [0.4, 0.5) is 0 Å². The highest BCUT2D eigenvalue weighted by atomic mass is 127. The van der Waals surface area contributed by atoms with Gasteiger partial charge in [-0.25, -0.2) is 0 Å². The zero-order valence-corrected chi connectivity index (χ0v) is 9.72. The molecule has 1 nitrogen and oxygen atoms in total. The molecule has 1 aliphatic heterocycles. The van der Waals surface area contributed by atoms with Gasteiger partial charge in [0.15, 0.2) is 0 Å². The van der Waals surface area contributed by atoms with Crippen molar-refractivity contribution in [3.8, 4) is 0 Å². The number of hydrogen-bond acceptors (Lipinski definition) is 1. The Balaban J connectivity index is 2.42. The molecule has 1 aliphatic rings. The third-order valence-electron chi connectivity index (χ3n) is 2.48. The van der Waals surface area contributed by atoms with Gasteiger partial charge in [-0.15, -0.1) is 0 Å². The summed E-state index contributed by atoms with van der Waals surface area (Å²) >= 11 is 2.40. The van der Waals surface area contributed by atoms with Gasteiger partial charge in [-0.05, 0) is 17.8 Å². The molecule has 2 unspecified atom stereocenters. The number of alkyl halides is 1. The molecule has 2 atom stereocenters. The molecule has 11 heavy (non-hydrogen) atoms. The van der Waals surface area contributed by atoms with E-state index in [1.54, 1.807) is 0 Å². The molecule has 2 heteroatoms. The van der Waals surface area contributed by atoms with Gasteiger partial charge >= 0.3 is 0 Å². The number of rotatable bonds is 1. The van der Waals surface area contributed by atoms with Crippen LogP contribution >= 0.6 is 22.6 Å². The molecule has 0 aromatic rings. The Kier molecular flexibility index (Phi) is 3.20. The first-order chi connectivity index (χ1) is 5.04. The van der Waals surface area contributed by atoms with Crippen LogP contribution in [0.2, 0.25) is 0 Å². The summed E-state index contributed by atoms with van der Waals surface area (Å²) in [5.41, 5.74) is 0.431. The summed E-state index contributed by atoms with van der Waals surface area (Å²) in [7, 11) is 0. The minimum Gasteiger partial charge on any atom is -0.377 e. The Morgan fingerprint density at radius 2 is 2.09 bits per heavy atom. The highest BCUT2D eigenvalue weighted by Crippen LogP contribution is 2.35. The molecule has 0 spiro atoms. The molecular weight excluding hydrogens is 251 g/mol. The van der Waals surface area contributed by atoms with Crippen molar-refractivity contribution in [2.75, 3.05) is 11.0 Å². The predicted molar refractivity (Wildman–Crippen MR) is 56.2 cm³/mol. The van der Waals surface area contributed by atoms with E-state index in [9.17, 15) is 0 Å². The summed E-state index contributed by atoms with van der Waals surface area (Å²) in [5.74, 6) is 0.766. The number of ether oxygens (including phenoxy) is 1. The zero-order chi connectivity index (χ0) is 8.48. The van der Waals surface area contributed by atoms with Crippen molar-refractivity contribution in [2.24, 2.45) is 11.3 Å². The lowest BCUT2D eigenvalue weighted by atomic mass is 9.80. The maximum Gasteiger partial charge on any atom is 0.0668 e. The van der Waals surface area contributed by atoms with Crippen LogP contribution in [0.5, 0.6) is 0 Å². The van der Waals surface area contributed by atoms with Gasteiger partial charge in [0.1, 0.15) is 0 Å². The average Bonchev–Trinajstić information content (AvgIpc) is 2.32. The van der Waals surface area contributed by atoms with Crippen LogP contribution in [0.3, 0.4) is 0 Å². The van der Waals surface area contributed by atoms with E-state index < -0.39 is 0 Å². The predicted octanol–water partition coefficient (Wildman–Crippen LogP) is 2.87. The zero-order valence-electron chi connectivity index (χ0n) is 7.56. The third-order valence-corrected chi connectivity index (χ3v) is 3.46. The molecule has 0 saturated carbocycles. The first-order valence-electron chi connectivity index (χ1n) is 4.21. The van der Waals surface area contributed by atoms with Crippen LogP contribution in [0.15, 0.2) is 0 Å². The van der Waals surface area contributed by atoms with E-state index in [2.05, 4.69) is 43.4 Å². The fourth-order valence-electron chi connectivity index (χ4n) is 1.42. The molecular formula is C9H17IO. The normalized spacial score (nSPS) is 32.7. The van der Waals surface area contributed by atoms with Crippen molar-refractivity contribution in [2.45, 2.75) is 33.3 Å². The second kappa shape index (κ2) is 3.60. The van der Waals surface area contributed by atoms with Gasteiger partial charge in [-0.2, -0.15) is 0 Å². The van der Waals surface area contributed by atoms with E-state index in [1.807, 2.05) is 0 Å². The van der Waals surface area contributed by atoms with Gasteiger partial charge in [-0.1, -0.05) is 43.4 Å². The standard InChI is InChI=1S/C9H17IO/c1-9(2,3)7-4-8(5-10)11-6-7/h7-8H,4-6H2,1-3H3. The van der Waals surface area contributed by atoms with Crippen LogP contribution in [0.1, 0.15) is 27.2 Å². The van der Waals surface area contributed by atoms with Crippen LogP contribution < -0.4 is 0 Å². The highest BCUT2D eigenvalue weighted by molar-refractivity contribution is 14.1.